The molecule has 0 saturated carbocycles. The van der Waals surface area contributed by atoms with E-state index in [9.17, 15) is 0 Å². The summed E-state index contributed by atoms with van der Waals surface area (Å²) in [6.45, 7) is 6.70. The lowest BCUT2D eigenvalue weighted by Crippen LogP contribution is -2.16. The average Bonchev–Trinajstić information content (AvgIpc) is 2.14. The van der Waals surface area contributed by atoms with Crippen LogP contribution in [0.1, 0.15) is 5.56 Å². The van der Waals surface area contributed by atoms with Crippen molar-refractivity contribution in [2.24, 2.45) is 0 Å². The summed E-state index contributed by atoms with van der Waals surface area (Å²) < 4.78 is 0. The van der Waals surface area contributed by atoms with Crippen LogP contribution >= 0.6 is 11.6 Å². The van der Waals surface area contributed by atoms with Crippen LogP contribution in [0.4, 0.5) is 0 Å². The molecule has 0 N–H and O–H groups in total. The van der Waals surface area contributed by atoms with Crippen molar-refractivity contribution < 1.29 is 0 Å². The van der Waals surface area contributed by atoms with Crippen LogP contribution in [0.15, 0.2) is 30.3 Å². The lowest BCUT2D eigenvalue weighted by molar-refractivity contribution is 1.66. The number of allylic oxidation sites excluding steroid dienone is 1. The molecular weight excluding hydrogens is 220 g/mol. The molecule has 2 heteroatoms. The minimum atomic E-state index is -1.24. The third-order valence-corrected chi connectivity index (χ3v) is 2.82. The number of benzene rings is 1. The van der Waals surface area contributed by atoms with Gasteiger partial charge in [-0.2, -0.15) is 0 Å². The van der Waals surface area contributed by atoms with Crippen LogP contribution in [0.25, 0.3) is 6.08 Å². The zero-order valence-electron chi connectivity index (χ0n) is 9.34. The summed E-state index contributed by atoms with van der Waals surface area (Å²) in [4.78, 5) is 0. The van der Waals surface area contributed by atoms with Gasteiger partial charge in [0.15, 0.2) is 0 Å². The highest BCUT2D eigenvalue weighted by Crippen LogP contribution is 2.10. The molecule has 1 rings (SSSR count). The van der Waals surface area contributed by atoms with Gasteiger partial charge in [-0.3, -0.25) is 0 Å². The minimum absolute atomic E-state index is 0.764. The van der Waals surface area contributed by atoms with Gasteiger partial charge in [0.05, 0.1) is 0 Å². The summed E-state index contributed by atoms with van der Waals surface area (Å²) in [6, 6.07) is 7.73. The molecule has 0 nitrogen and oxygen atoms in total. The first-order valence-electron chi connectivity index (χ1n) is 4.92. The molecule has 0 fully saturated rings. The number of hydrogen-bond donors (Lipinski definition) is 0. The Labute approximate surface area is 98.0 Å². The quantitative estimate of drug-likeness (QED) is 0.504. The molecule has 1 aromatic carbocycles. The third kappa shape index (κ3) is 5.46. The van der Waals surface area contributed by atoms with Crippen molar-refractivity contribution in [1.82, 2.24) is 0 Å². The first kappa shape index (κ1) is 12.1. The predicted molar refractivity (Wildman–Crippen MR) is 71.6 cm³/mol. The summed E-state index contributed by atoms with van der Waals surface area (Å²) in [5.41, 5.74) is 4.41. The maximum Gasteiger partial charge on any atom is 0.129 e. The van der Waals surface area contributed by atoms with E-state index in [0.29, 0.717) is 0 Å². The highest BCUT2D eigenvalue weighted by atomic mass is 35.5. The highest BCUT2D eigenvalue weighted by molar-refractivity contribution is 6.83. The smallest absolute Gasteiger partial charge is 0.127 e. The highest BCUT2D eigenvalue weighted by Gasteiger charge is 2.06. The van der Waals surface area contributed by atoms with Crippen LogP contribution in [0.2, 0.25) is 24.7 Å². The number of hydrogen-bond acceptors (Lipinski definition) is 0. The van der Waals surface area contributed by atoms with E-state index < -0.39 is 8.07 Å². The van der Waals surface area contributed by atoms with Gasteiger partial charge in [0.1, 0.15) is 8.07 Å². The van der Waals surface area contributed by atoms with Gasteiger partial charge in [-0.15, -0.1) is 5.54 Å². The SMILES string of the molecule is C[Si](C)(C)C#C/C=C/c1ccc(Cl)cc1. The van der Waals surface area contributed by atoms with Gasteiger partial charge in [-0.1, -0.05) is 49.3 Å². The topological polar surface area (TPSA) is 0 Å². The second-order valence-electron chi connectivity index (χ2n) is 4.40. The molecule has 0 atom stereocenters. The normalized spacial score (nSPS) is 11.2. The Morgan fingerprint density at radius 3 is 2.27 bits per heavy atom. The summed E-state index contributed by atoms with van der Waals surface area (Å²) in [6.07, 6.45) is 3.91. The average molecular weight is 235 g/mol. The molecule has 0 radical (unpaired) electrons. The molecule has 0 aromatic heterocycles. The summed E-state index contributed by atoms with van der Waals surface area (Å²) in [5, 5.41) is 0.764. The predicted octanol–water partition coefficient (Wildman–Crippen LogP) is 4.23. The third-order valence-electron chi connectivity index (χ3n) is 1.68. The van der Waals surface area contributed by atoms with E-state index >= 15 is 0 Å². The van der Waals surface area contributed by atoms with E-state index in [2.05, 4.69) is 31.1 Å². The van der Waals surface area contributed by atoms with Crippen molar-refractivity contribution in [2.45, 2.75) is 19.6 Å². The Hall–Kier alpha value is -0.973. The lowest BCUT2D eigenvalue weighted by Gasteiger charge is -2.02. The molecular formula is C13H15ClSi. The second-order valence-corrected chi connectivity index (χ2v) is 9.59. The maximum absolute atomic E-state index is 5.79. The van der Waals surface area contributed by atoms with Gasteiger partial charge in [-0.05, 0) is 29.8 Å². The van der Waals surface area contributed by atoms with Crippen LogP contribution in [0.3, 0.4) is 0 Å². The van der Waals surface area contributed by atoms with Crippen molar-refractivity contribution in [3.63, 3.8) is 0 Å². The molecule has 0 unspecified atom stereocenters. The van der Waals surface area contributed by atoms with E-state index in [0.717, 1.165) is 10.6 Å². The second kappa shape index (κ2) is 5.20. The largest absolute Gasteiger partial charge is 0.129 e. The zero-order chi connectivity index (χ0) is 11.3. The van der Waals surface area contributed by atoms with Crippen LogP contribution in [-0.2, 0) is 0 Å². The van der Waals surface area contributed by atoms with Gasteiger partial charge in [0.2, 0.25) is 0 Å². The number of rotatable bonds is 1. The Morgan fingerprint density at radius 2 is 1.73 bits per heavy atom. The van der Waals surface area contributed by atoms with E-state index in [-0.39, 0.29) is 0 Å². The monoisotopic (exact) mass is 234 g/mol. The number of halogens is 1. The van der Waals surface area contributed by atoms with Gasteiger partial charge >= 0.3 is 0 Å². The Kier molecular flexibility index (Phi) is 4.20. The first-order valence-corrected chi connectivity index (χ1v) is 8.80. The van der Waals surface area contributed by atoms with Gasteiger partial charge < -0.3 is 0 Å². The minimum Gasteiger partial charge on any atom is -0.127 e. The molecule has 0 aliphatic carbocycles. The molecule has 0 saturated heterocycles. The molecule has 1 aromatic rings. The van der Waals surface area contributed by atoms with E-state index in [4.69, 9.17) is 11.6 Å². The van der Waals surface area contributed by atoms with Crippen LogP contribution in [0.5, 0.6) is 0 Å². The Morgan fingerprint density at radius 1 is 1.13 bits per heavy atom. The summed E-state index contributed by atoms with van der Waals surface area (Å²) in [5.74, 6) is 3.09. The Bertz CT molecular complexity index is 399. The first-order chi connectivity index (χ1) is 6.97. The lowest BCUT2D eigenvalue weighted by atomic mass is 10.2. The fraction of sp³-hybridized carbons (Fsp3) is 0.231. The molecule has 78 valence electrons. The van der Waals surface area contributed by atoms with Crippen molar-refractivity contribution in [2.75, 3.05) is 0 Å². The fourth-order valence-corrected chi connectivity index (χ4v) is 1.61. The van der Waals surface area contributed by atoms with Gasteiger partial charge in [0, 0.05) is 5.02 Å². The summed E-state index contributed by atoms with van der Waals surface area (Å²) in [7, 11) is -1.24. The molecule has 0 spiro atoms. The van der Waals surface area contributed by atoms with Crippen molar-refractivity contribution >= 4 is 25.8 Å². The fourth-order valence-electron chi connectivity index (χ4n) is 0.970. The molecule has 0 aliphatic heterocycles. The molecule has 0 bridgehead atoms. The molecule has 0 heterocycles. The molecule has 0 aliphatic rings. The van der Waals surface area contributed by atoms with Crippen LogP contribution in [0, 0.1) is 11.5 Å². The van der Waals surface area contributed by atoms with E-state index in [1.54, 1.807) is 0 Å². The summed E-state index contributed by atoms with van der Waals surface area (Å²) >= 11 is 5.79. The Balaban J connectivity index is 2.65. The van der Waals surface area contributed by atoms with Crippen molar-refractivity contribution in [1.29, 1.82) is 0 Å². The van der Waals surface area contributed by atoms with Crippen molar-refractivity contribution in [3.8, 4) is 11.5 Å². The molecule has 15 heavy (non-hydrogen) atoms. The molecule has 0 amide bonds. The van der Waals surface area contributed by atoms with Gasteiger partial charge in [0.25, 0.3) is 0 Å². The van der Waals surface area contributed by atoms with Crippen molar-refractivity contribution in [3.05, 3.63) is 40.9 Å². The van der Waals surface area contributed by atoms with E-state index in [1.807, 2.05) is 36.4 Å². The zero-order valence-corrected chi connectivity index (χ0v) is 11.1. The maximum atomic E-state index is 5.79. The standard InChI is InChI=1S/C13H15ClSi/c1-15(2,3)11-5-4-6-12-7-9-13(14)10-8-12/h4,6-10H,1-3H3/b6-4+. The van der Waals surface area contributed by atoms with Crippen LogP contribution in [-0.4, -0.2) is 8.07 Å². The van der Waals surface area contributed by atoms with E-state index in [1.165, 1.54) is 0 Å². The van der Waals surface area contributed by atoms with Crippen LogP contribution < -0.4 is 0 Å². The van der Waals surface area contributed by atoms with Gasteiger partial charge in [-0.25, -0.2) is 0 Å².